The van der Waals surface area contributed by atoms with Gasteiger partial charge in [0.2, 0.25) is 11.8 Å². The Hall–Kier alpha value is -3.65. The normalized spacial score (nSPS) is 17.2. The maximum Gasteiger partial charge on any atom is 0.224 e. The maximum atomic E-state index is 14.2. The van der Waals surface area contributed by atoms with Gasteiger partial charge in [-0.1, -0.05) is 95.3 Å². The van der Waals surface area contributed by atoms with Gasteiger partial charge >= 0.3 is 0 Å². The highest BCUT2D eigenvalue weighted by molar-refractivity contribution is 5.97. The Morgan fingerprint density at radius 1 is 0.731 bits per heavy atom. The Morgan fingerprint density at radius 3 is 1.87 bits per heavy atom. The summed E-state index contributed by atoms with van der Waals surface area (Å²) in [6.07, 6.45) is 7.70. The van der Waals surface area contributed by atoms with Crippen LogP contribution in [0, 0.1) is 29.1 Å². The average molecular weight is 714 g/mol. The lowest BCUT2D eigenvalue weighted by Gasteiger charge is -2.27. The predicted molar refractivity (Wildman–Crippen MR) is 207 cm³/mol. The van der Waals surface area contributed by atoms with Gasteiger partial charge in [-0.3, -0.25) is 24.0 Å². The van der Waals surface area contributed by atoms with E-state index in [9.17, 15) is 24.0 Å². The Bertz CT molecular complexity index is 1470. The van der Waals surface area contributed by atoms with Crippen LogP contribution < -0.4 is 16.0 Å². The van der Waals surface area contributed by atoms with Crippen LogP contribution in [0.15, 0.2) is 60.7 Å². The summed E-state index contributed by atoms with van der Waals surface area (Å²) in [5.41, 5.74) is 1.62. The van der Waals surface area contributed by atoms with Gasteiger partial charge in [0.05, 0.1) is 12.1 Å². The number of benzene rings is 2. The van der Waals surface area contributed by atoms with Gasteiger partial charge in [0.25, 0.3) is 0 Å². The molecule has 0 saturated heterocycles. The van der Waals surface area contributed by atoms with Gasteiger partial charge in [-0.05, 0) is 93.7 Å². The van der Waals surface area contributed by atoms with E-state index in [4.69, 9.17) is 0 Å². The molecule has 8 heteroatoms. The summed E-state index contributed by atoms with van der Waals surface area (Å²) in [6.45, 7) is 10.9. The molecule has 2 saturated carbocycles. The molecule has 2 aliphatic carbocycles. The van der Waals surface area contributed by atoms with Crippen molar-refractivity contribution in [3.63, 3.8) is 0 Å². The second-order valence-corrected chi connectivity index (χ2v) is 16.7. The summed E-state index contributed by atoms with van der Waals surface area (Å²) < 4.78 is 0. The maximum absolute atomic E-state index is 14.2. The molecular weight excluding hydrogens is 651 g/mol. The minimum absolute atomic E-state index is 0.0581. The first-order valence-electron chi connectivity index (χ1n) is 19.8. The SMILES string of the molecule is CC(C)CC(NC(=O)C(CC(=O)[C@H](CC(C)C)NC(=O)[C@H](CCc1ccccc1)CC(=O)CCCNC1CC1)Cc1ccccc1)C(=O)C1(C)CC1. The van der Waals surface area contributed by atoms with Crippen molar-refractivity contribution >= 4 is 29.2 Å². The second kappa shape index (κ2) is 20.0. The molecule has 52 heavy (non-hydrogen) atoms. The second-order valence-electron chi connectivity index (χ2n) is 16.7. The number of Topliss-reactive ketones (excluding diaryl/α,β-unsaturated/α-hetero) is 3. The molecule has 2 aromatic carbocycles. The van der Waals surface area contributed by atoms with Crippen LogP contribution in [0.4, 0.5) is 0 Å². The lowest BCUT2D eigenvalue weighted by molar-refractivity contribution is -0.135. The van der Waals surface area contributed by atoms with Crippen molar-refractivity contribution in [2.45, 2.75) is 136 Å². The van der Waals surface area contributed by atoms with E-state index in [-0.39, 0.29) is 53.8 Å². The van der Waals surface area contributed by atoms with Gasteiger partial charge in [0, 0.05) is 42.6 Å². The van der Waals surface area contributed by atoms with Gasteiger partial charge in [0.1, 0.15) is 5.78 Å². The molecular formula is C44H63N3O5. The number of ketones is 3. The van der Waals surface area contributed by atoms with Crippen molar-refractivity contribution in [2.75, 3.05) is 6.54 Å². The van der Waals surface area contributed by atoms with Crippen LogP contribution in [0.25, 0.3) is 0 Å². The molecule has 284 valence electrons. The van der Waals surface area contributed by atoms with Crippen molar-refractivity contribution < 1.29 is 24.0 Å². The Balaban J connectivity index is 1.48. The van der Waals surface area contributed by atoms with Gasteiger partial charge in [-0.15, -0.1) is 0 Å². The molecule has 4 rings (SSSR count). The minimum Gasteiger partial charge on any atom is -0.346 e. The molecule has 2 aliphatic rings. The van der Waals surface area contributed by atoms with Crippen molar-refractivity contribution in [1.82, 2.24) is 16.0 Å². The quantitative estimate of drug-likeness (QED) is 0.0956. The van der Waals surface area contributed by atoms with Gasteiger partial charge < -0.3 is 16.0 Å². The Kier molecular flexibility index (Phi) is 15.8. The summed E-state index contributed by atoms with van der Waals surface area (Å²) in [7, 11) is 0. The van der Waals surface area contributed by atoms with Crippen molar-refractivity contribution in [1.29, 1.82) is 0 Å². The van der Waals surface area contributed by atoms with Crippen LogP contribution in [-0.4, -0.2) is 53.8 Å². The molecule has 8 nitrogen and oxygen atoms in total. The number of carbonyl (C=O) groups excluding carboxylic acids is 5. The molecule has 2 fully saturated rings. The van der Waals surface area contributed by atoms with Crippen LogP contribution in [0.1, 0.15) is 116 Å². The molecule has 0 spiro atoms. The van der Waals surface area contributed by atoms with Gasteiger partial charge in [-0.25, -0.2) is 0 Å². The highest BCUT2D eigenvalue weighted by Crippen LogP contribution is 2.47. The molecule has 2 aromatic rings. The molecule has 0 aromatic heterocycles. The summed E-state index contributed by atoms with van der Waals surface area (Å²) in [5, 5.41) is 9.59. The number of aryl methyl sites for hydroxylation is 1. The number of amides is 2. The fraction of sp³-hybridized carbons (Fsp3) is 0.614. The smallest absolute Gasteiger partial charge is 0.224 e. The third kappa shape index (κ3) is 14.1. The third-order valence-electron chi connectivity index (χ3n) is 10.6. The first kappa shape index (κ1) is 41.1. The molecule has 0 radical (unpaired) electrons. The molecule has 4 atom stereocenters. The first-order chi connectivity index (χ1) is 24.8. The molecule has 2 amide bonds. The monoisotopic (exact) mass is 713 g/mol. The fourth-order valence-electron chi connectivity index (χ4n) is 6.99. The highest BCUT2D eigenvalue weighted by Gasteiger charge is 2.48. The van der Waals surface area contributed by atoms with Gasteiger partial charge in [-0.2, -0.15) is 0 Å². The van der Waals surface area contributed by atoms with Crippen molar-refractivity contribution in [2.24, 2.45) is 29.1 Å². The van der Waals surface area contributed by atoms with Crippen LogP contribution in [0.5, 0.6) is 0 Å². The summed E-state index contributed by atoms with van der Waals surface area (Å²) in [4.78, 5) is 68.9. The first-order valence-corrected chi connectivity index (χ1v) is 19.8. The average Bonchev–Trinajstić information content (AvgIpc) is 4.06. The zero-order chi connectivity index (χ0) is 37.7. The van der Waals surface area contributed by atoms with E-state index < -0.39 is 29.3 Å². The van der Waals surface area contributed by atoms with Crippen LogP contribution in [0.2, 0.25) is 0 Å². The van der Waals surface area contributed by atoms with Crippen molar-refractivity contribution in [3.05, 3.63) is 71.8 Å². The molecule has 0 bridgehead atoms. The Labute approximate surface area is 312 Å². The highest BCUT2D eigenvalue weighted by atomic mass is 16.2. The summed E-state index contributed by atoms with van der Waals surface area (Å²) in [6, 6.07) is 18.7. The van der Waals surface area contributed by atoms with Crippen molar-refractivity contribution in [3.8, 4) is 0 Å². The van der Waals surface area contributed by atoms with Crippen LogP contribution in [-0.2, 0) is 36.8 Å². The van der Waals surface area contributed by atoms with E-state index >= 15 is 0 Å². The number of hydrogen-bond donors (Lipinski definition) is 3. The lowest BCUT2D eigenvalue weighted by Crippen LogP contribution is -2.49. The third-order valence-corrected chi connectivity index (χ3v) is 10.6. The predicted octanol–water partition coefficient (Wildman–Crippen LogP) is 6.98. The van der Waals surface area contributed by atoms with E-state index in [1.807, 2.05) is 95.3 Å². The van der Waals surface area contributed by atoms with Gasteiger partial charge in [0.15, 0.2) is 11.6 Å². The number of rotatable bonds is 25. The van der Waals surface area contributed by atoms with E-state index in [0.29, 0.717) is 44.6 Å². The zero-order valence-corrected chi connectivity index (χ0v) is 32.3. The number of hydrogen-bond acceptors (Lipinski definition) is 6. The summed E-state index contributed by atoms with van der Waals surface area (Å²) >= 11 is 0. The van der Waals surface area contributed by atoms with E-state index in [2.05, 4.69) is 16.0 Å². The Morgan fingerprint density at radius 2 is 1.29 bits per heavy atom. The standard InChI is InChI=1S/C44H63N3O5/c1-30(2)25-38(46-42(51)34(19-18-32-13-8-6-9-14-32)28-37(48)17-12-24-45-36-20-21-36)40(49)29-35(27-33-15-10-7-11-16-33)43(52)47-39(26-31(3)4)41(50)44(5)22-23-44/h6-11,13-16,30-31,34-36,38-39,45H,12,17-29H2,1-5H3,(H,46,51)(H,47,52)/t34-,35?,38+,39?/m1/s1. The fourth-order valence-corrected chi connectivity index (χ4v) is 6.99. The molecule has 0 aliphatic heterocycles. The van der Waals surface area contributed by atoms with E-state index in [0.717, 1.165) is 36.9 Å². The topological polar surface area (TPSA) is 121 Å². The number of nitrogens with one attached hydrogen (secondary N) is 3. The minimum atomic E-state index is -0.797. The lowest BCUT2D eigenvalue weighted by atomic mass is 9.87. The van der Waals surface area contributed by atoms with Crippen LogP contribution in [0.3, 0.4) is 0 Å². The molecule has 3 N–H and O–H groups in total. The zero-order valence-electron chi connectivity index (χ0n) is 32.3. The molecule has 0 heterocycles. The molecule has 2 unspecified atom stereocenters. The van der Waals surface area contributed by atoms with E-state index in [1.165, 1.54) is 12.8 Å². The summed E-state index contributed by atoms with van der Waals surface area (Å²) in [5.74, 6) is -1.65. The number of carbonyl (C=O) groups is 5. The van der Waals surface area contributed by atoms with E-state index in [1.54, 1.807) is 0 Å². The van der Waals surface area contributed by atoms with Crippen LogP contribution >= 0.6 is 0 Å². The largest absolute Gasteiger partial charge is 0.346 e.